The molecule has 4 rings (SSSR count). The van der Waals surface area contributed by atoms with Crippen LogP contribution in [0.15, 0.2) is 29.3 Å². The maximum atomic E-state index is 13.7. The number of thioether (sulfide) groups is 1. The number of para-hydroxylation sites is 1. The van der Waals surface area contributed by atoms with Crippen LogP contribution in [0.1, 0.15) is 49.3 Å². The van der Waals surface area contributed by atoms with Crippen LogP contribution in [-0.4, -0.2) is 49.2 Å². The molecule has 1 fully saturated rings. The third kappa shape index (κ3) is 2.81. The quantitative estimate of drug-likeness (QED) is 0.592. The Balaban J connectivity index is 1.70. The number of amidine groups is 1. The summed E-state index contributed by atoms with van der Waals surface area (Å²) in [4.78, 5) is 20.5. The molecule has 2 heterocycles. The van der Waals surface area contributed by atoms with Crippen LogP contribution in [0.2, 0.25) is 0 Å². The molecule has 1 saturated carbocycles. The first-order valence-electron chi connectivity index (χ1n) is 9.54. The van der Waals surface area contributed by atoms with Gasteiger partial charge >= 0.3 is 5.91 Å². The number of aliphatic imine (C=N–C) groups is 1. The summed E-state index contributed by atoms with van der Waals surface area (Å²) in [5, 5.41) is 0.895. The van der Waals surface area contributed by atoms with Crippen molar-refractivity contribution in [3.05, 3.63) is 29.8 Å². The van der Waals surface area contributed by atoms with E-state index in [1.54, 1.807) is 11.8 Å². The molecule has 3 aliphatic rings. The molecule has 134 valence electrons. The highest BCUT2D eigenvalue weighted by Gasteiger charge is 2.54. The van der Waals surface area contributed by atoms with Crippen molar-refractivity contribution in [2.75, 3.05) is 27.2 Å². The Labute approximate surface area is 154 Å². The third-order valence-electron chi connectivity index (χ3n) is 6.19. The maximum Gasteiger partial charge on any atom is 0.337 e. The number of likely N-dealkylation sites (N-methyl/N-ethyl adjacent to an activating group) is 2. The molecule has 5 heteroatoms. The lowest BCUT2D eigenvalue weighted by atomic mass is 10.0. The molecule has 1 aliphatic carbocycles. The molecule has 1 amide bonds. The average Bonchev–Trinajstić information content (AvgIpc) is 2.97. The first kappa shape index (κ1) is 17.1. The number of fused-ring (bicyclic) bond motifs is 1. The van der Waals surface area contributed by atoms with E-state index in [-0.39, 0.29) is 5.25 Å². The molecule has 0 aromatic heterocycles. The van der Waals surface area contributed by atoms with E-state index >= 15 is 0 Å². The van der Waals surface area contributed by atoms with Crippen molar-refractivity contribution < 1.29 is 4.79 Å². The van der Waals surface area contributed by atoms with Crippen LogP contribution in [-0.2, 0) is 4.79 Å². The Hall–Kier alpha value is -1.33. The summed E-state index contributed by atoms with van der Waals surface area (Å²) >= 11 is 1.66. The molecule has 1 aromatic carbocycles. The first-order valence-corrected chi connectivity index (χ1v) is 10.4. The van der Waals surface area contributed by atoms with Crippen molar-refractivity contribution in [1.82, 2.24) is 9.38 Å². The summed E-state index contributed by atoms with van der Waals surface area (Å²) < 4.78 is 0.491. The van der Waals surface area contributed by atoms with Gasteiger partial charge in [0.15, 0.2) is 10.4 Å². The predicted octanol–water partition coefficient (Wildman–Crippen LogP) is 3.96. The SMILES string of the molecule is CN1CCN=C1SC1C(=O)[N+](C)(C2CCCCCC2)c2ccccc21. The summed E-state index contributed by atoms with van der Waals surface area (Å²) in [6.45, 7) is 1.80. The van der Waals surface area contributed by atoms with Crippen molar-refractivity contribution >= 4 is 28.5 Å². The number of nitrogens with zero attached hydrogens (tertiary/aromatic N) is 3. The van der Waals surface area contributed by atoms with Gasteiger partial charge in [0.1, 0.15) is 11.7 Å². The van der Waals surface area contributed by atoms with Gasteiger partial charge in [-0.1, -0.05) is 42.8 Å². The highest BCUT2D eigenvalue weighted by molar-refractivity contribution is 8.14. The lowest BCUT2D eigenvalue weighted by Gasteiger charge is -2.35. The summed E-state index contributed by atoms with van der Waals surface area (Å²) in [6.07, 6.45) is 7.45. The number of rotatable bonds is 2. The zero-order valence-corrected chi connectivity index (χ0v) is 16.1. The van der Waals surface area contributed by atoms with E-state index < -0.39 is 0 Å². The van der Waals surface area contributed by atoms with Crippen molar-refractivity contribution in [2.24, 2.45) is 4.99 Å². The van der Waals surface area contributed by atoms with Gasteiger partial charge in [0, 0.05) is 32.0 Å². The number of amides is 1. The molecule has 0 saturated heterocycles. The van der Waals surface area contributed by atoms with Crippen molar-refractivity contribution in [2.45, 2.75) is 49.8 Å². The zero-order chi connectivity index (χ0) is 17.4. The second-order valence-electron chi connectivity index (χ2n) is 7.70. The minimum absolute atomic E-state index is 0.122. The highest BCUT2D eigenvalue weighted by Crippen LogP contribution is 2.50. The van der Waals surface area contributed by atoms with Crippen LogP contribution in [0.4, 0.5) is 5.69 Å². The van der Waals surface area contributed by atoms with Gasteiger partial charge in [0.2, 0.25) is 0 Å². The lowest BCUT2D eigenvalue weighted by molar-refractivity contribution is -0.129. The van der Waals surface area contributed by atoms with Crippen LogP contribution < -0.4 is 4.48 Å². The largest absolute Gasteiger partial charge is 0.353 e. The fraction of sp³-hybridized carbons (Fsp3) is 0.600. The number of carbonyl (C=O) groups excluding carboxylic acids is 1. The first-order chi connectivity index (χ1) is 12.1. The minimum atomic E-state index is -0.122. The second-order valence-corrected chi connectivity index (χ2v) is 8.77. The average molecular weight is 359 g/mol. The van der Waals surface area contributed by atoms with Crippen LogP contribution >= 0.6 is 11.8 Å². The van der Waals surface area contributed by atoms with E-state index in [0.29, 0.717) is 16.4 Å². The van der Waals surface area contributed by atoms with Crippen LogP contribution in [0, 0.1) is 0 Å². The molecule has 25 heavy (non-hydrogen) atoms. The van der Waals surface area contributed by atoms with Gasteiger partial charge in [-0.3, -0.25) is 4.99 Å². The van der Waals surface area contributed by atoms with E-state index in [2.05, 4.69) is 48.3 Å². The Kier molecular flexibility index (Phi) is 4.63. The van der Waals surface area contributed by atoms with Crippen LogP contribution in [0.3, 0.4) is 0 Å². The molecular formula is C20H28N3OS+. The fourth-order valence-electron chi connectivity index (χ4n) is 4.64. The number of benzene rings is 1. The molecule has 0 N–H and O–H groups in total. The number of hydrogen-bond acceptors (Lipinski definition) is 4. The molecule has 1 aromatic rings. The van der Waals surface area contributed by atoms with E-state index in [1.165, 1.54) is 36.9 Å². The van der Waals surface area contributed by atoms with E-state index in [4.69, 9.17) is 0 Å². The monoisotopic (exact) mass is 358 g/mol. The van der Waals surface area contributed by atoms with Gasteiger partial charge in [0.25, 0.3) is 0 Å². The molecule has 0 radical (unpaired) electrons. The molecule has 2 aliphatic heterocycles. The highest BCUT2D eigenvalue weighted by atomic mass is 32.2. The normalized spacial score (nSPS) is 30.3. The smallest absolute Gasteiger partial charge is 0.337 e. The second kappa shape index (κ2) is 6.76. The Morgan fingerprint density at radius 2 is 1.88 bits per heavy atom. The zero-order valence-electron chi connectivity index (χ0n) is 15.3. The van der Waals surface area contributed by atoms with E-state index in [9.17, 15) is 4.79 Å². The Bertz CT molecular complexity index is 696. The molecule has 2 unspecified atom stereocenters. The number of quaternary nitrogens is 1. The Morgan fingerprint density at radius 3 is 2.56 bits per heavy atom. The summed E-state index contributed by atoms with van der Waals surface area (Å²) in [6, 6.07) is 8.91. The number of hydrogen-bond donors (Lipinski definition) is 0. The number of carbonyl (C=O) groups is 1. The lowest BCUT2D eigenvalue weighted by Crippen LogP contribution is -2.56. The van der Waals surface area contributed by atoms with Crippen molar-refractivity contribution in [3.8, 4) is 0 Å². The van der Waals surface area contributed by atoms with Gasteiger partial charge < -0.3 is 4.90 Å². The van der Waals surface area contributed by atoms with Gasteiger partial charge in [-0.15, -0.1) is 0 Å². The fourth-order valence-corrected chi connectivity index (χ4v) is 5.93. The topological polar surface area (TPSA) is 32.7 Å². The summed E-state index contributed by atoms with van der Waals surface area (Å²) in [5.74, 6) is 0.348. The molecule has 0 bridgehead atoms. The van der Waals surface area contributed by atoms with Gasteiger partial charge in [-0.2, -0.15) is 0 Å². The van der Waals surface area contributed by atoms with E-state index in [1.807, 2.05) is 0 Å². The predicted molar refractivity (Wildman–Crippen MR) is 106 cm³/mol. The van der Waals surface area contributed by atoms with Gasteiger partial charge in [-0.05, 0) is 18.9 Å². The van der Waals surface area contributed by atoms with Crippen molar-refractivity contribution in [3.63, 3.8) is 0 Å². The standard InChI is InChI=1S/C20H28N3OS/c1-22-14-13-21-20(22)25-18-16-11-7-8-12-17(16)23(2,19(18)24)15-9-5-3-4-6-10-15/h7-8,11-12,15,18H,3-6,9-10,13-14H2,1-2H3/q+1. The molecule has 2 atom stereocenters. The van der Waals surface area contributed by atoms with E-state index in [0.717, 1.165) is 31.1 Å². The molecular weight excluding hydrogens is 330 g/mol. The van der Waals surface area contributed by atoms with Gasteiger partial charge in [0.05, 0.1) is 13.6 Å². The van der Waals surface area contributed by atoms with Crippen LogP contribution in [0.5, 0.6) is 0 Å². The minimum Gasteiger partial charge on any atom is -0.353 e. The van der Waals surface area contributed by atoms with Gasteiger partial charge in [-0.25, -0.2) is 9.28 Å². The molecule has 0 spiro atoms. The third-order valence-corrected chi connectivity index (χ3v) is 7.53. The Morgan fingerprint density at radius 1 is 1.16 bits per heavy atom. The molecule has 4 nitrogen and oxygen atoms in total. The van der Waals surface area contributed by atoms with Crippen LogP contribution in [0.25, 0.3) is 0 Å². The summed E-state index contributed by atoms with van der Waals surface area (Å²) in [5.41, 5.74) is 2.42. The maximum absolute atomic E-state index is 13.7. The van der Waals surface area contributed by atoms with Crippen molar-refractivity contribution in [1.29, 1.82) is 0 Å². The summed E-state index contributed by atoms with van der Waals surface area (Å²) in [7, 11) is 4.24.